The second-order valence-corrected chi connectivity index (χ2v) is 6.47. The zero-order valence-corrected chi connectivity index (χ0v) is 15.8. The van der Waals surface area contributed by atoms with Gasteiger partial charge in [0.2, 0.25) is 11.7 Å². The Kier molecular flexibility index (Phi) is 5.29. The molecule has 0 spiro atoms. The largest absolute Gasteiger partial charge is 0.455 e. The third-order valence-electron chi connectivity index (χ3n) is 4.18. The van der Waals surface area contributed by atoms with Crippen LogP contribution in [0.3, 0.4) is 0 Å². The number of aryl methyl sites for hydroxylation is 1. The summed E-state index contributed by atoms with van der Waals surface area (Å²) in [6, 6.07) is 24.5. The number of hydrogen-bond donors (Lipinski definition) is 1. The van der Waals surface area contributed by atoms with E-state index in [9.17, 15) is 4.79 Å². The number of aromatic nitrogens is 4. The van der Waals surface area contributed by atoms with E-state index in [2.05, 4.69) is 20.7 Å². The van der Waals surface area contributed by atoms with E-state index >= 15 is 0 Å². The van der Waals surface area contributed by atoms with Crippen LogP contribution in [0.25, 0.3) is 11.4 Å². The SMILES string of the molecule is Cc1ccc(-c2nnn(CC(=O)Nc3ccccc3Oc3ccccc3)n2)cc1. The van der Waals surface area contributed by atoms with E-state index in [0.29, 0.717) is 23.0 Å². The first-order valence-corrected chi connectivity index (χ1v) is 9.14. The molecule has 3 aromatic carbocycles. The maximum absolute atomic E-state index is 12.5. The normalized spacial score (nSPS) is 10.5. The number of amides is 1. The molecule has 1 aromatic heterocycles. The van der Waals surface area contributed by atoms with Gasteiger partial charge in [-0.3, -0.25) is 4.79 Å². The standard InChI is InChI=1S/C22H19N5O2/c1-16-11-13-17(14-12-16)22-24-26-27(25-22)15-21(28)23-19-9-5-6-10-20(19)29-18-7-3-2-4-8-18/h2-14H,15H2,1H3,(H,23,28). The third-order valence-corrected chi connectivity index (χ3v) is 4.18. The number of benzene rings is 3. The fourth-order valence-corrected chi connectivity index (χ4v) is 2.72. The Labute approximate surface area is 168 Å². The number of tetrazole rings is 1. The summed E-state index contributed by atoms with van der Waals surface area (Å²) in [5, 5.41) is 15.1. The van der Waals surface area contributed by atoms with Crippen LogP contribution < -0.4 is 10.1 Å². The van der Waals surface area contributed by atoms with Crippen molar-refractivity contribution < 1.29 is 9.53 Å². The van der Waals surface area contributed by atoms with Crippen molar-refractivity contribution >= 4 is 11.6 Å². The summed E-state index contributed by atoms with van der Waals surface area (Å²) in [7, 11) is 0. The van der Waals surface area contributed by atoms with E-state index < -0.39 is 0 Å². The molecule has 0 unspecified atom stereocenters. The van der Waals surface area contributed by atoms with Crippen LogP contribution >= 0.6 is 0 Å². The van der Waals surface area contributed by atoms with Crippen LogP contribution in [0, 0.1) is 6.92 Å². The fraction of sp³-hybridized carbons (Fsp3) is 0.0909. The first-order valence-electron chi connectivity index (χ1n) is 9.14. The zero-order chi connectivity index (χ0) is 20.1. The van der Waals surface area contributed by atoms with Crippen LogP contribution in [-0.4, -0.2) is 26.1 Å². The van der Waals surface area contributed by atoms with Crippen molar-refractivity contribution in [1.29, 1.82) is 0 Å². The predicted octanol–water partition coefficient (Wildman–Crippen LogP) is 4.08. The van der Waals surface area contributed by atoms with Crippen LogP contribution in [0.15, 0.2) is 78.9 Å². The molecule has 0 saturated heterocycles. The molecule has 1 heterocycles. The molecule has 29 heavy (non-hydrogen) atoms. The van der Waals surface area contributed by atoms with Crippen LogP contribution in [0.1, 0.15) is 5.56 Å². The van der Waals surface area contributed by atoms with Gasteiger partial charge in [0.15, 0.2) is 5.75 Å². The highest BCUT2D eigenvalue weighted by molar-refractivity contribution is 5.92. The van der Waals surface area contributed by atoms with Crippen LogP contribution in [-0.2, 0) is 11.3 Å². The Morgan fingerprint density at radius 2 is 1.69 bits per heavy atom. The monoisotopic (exact) mass is 385 g/mol. The van der Waals surface area contributed by atoms with Crippen molar-refractivity contribution in [3.05, 3.63) is 84.4 Å². The summed E-state index contributed by atoms with van der Waals surface area (Å²) >= 11 is 0. The lowest BCUT2D eigenvalue weighted by molar-refractivity contribution is -0.117. The summed E-state index contributed by atoms with van der Waals surface area (Å²) < 4.78 is 5.87. The molecule has 0 radical (unpaired) electrons. The van der Waals surface area contributed by atoms with Crippen molar-refractivity contribution in [1.82, 2.24) is 20.2 Å². The average Bonchev–Trinajstić information content (AvgIpc) is 3.19. The summed E-state index contributed by atoms with van der Waals surface area (Å²) in [6.07, 6.45) is 0. The first-order chi connectivity index (χ1) is 14.2. The molecule has 7 heteroatoms. The lowest BCUT2D eigenvalue weighted by atomic mass is 10.1. The lowest BCUT2D eigenvalue weighted by Gasteiger charge is -2.11. The maximum atomic E-state index is 12.5. The van der Waals surface area contributed by atoms with E-state index in [-0.39, 0.29) is 12.5 Å². The van der Waals surface area contributed by atoms with E-state index in [0.717, 1.165) is 11.1 Å². The summed E-state index contributed by atoms with van der Waals surface area (Å²) in [5.74, 6) is 1.45. The van der Waals surface area contributed by atoms with Crippen molar-refractivity contribution in [3.8, 4) is 22.9 Å². The lowest BCUT2D eigenvalue weighted by Crippen LogP contribution is -2.20. The molecular weight excluding hydrogens is 366 g/mol. The van der Waals surface area contributed by atoms with Gasteiger partial charge in [-0.1, -0.05) is 60.2 Å². The summed E-state index contributed by atoms with van der Waals surface area (Å²) in [4.78, 5) is 13.8. The van der Waals surface area contributed by atoms with E-state index in [1.807, 2.05) is 73.7 Å². The molecular formula is C22H19N5O2. The number of nitrogens with zero attached hydrogens (tertiary/aromatic N) is 4. The number of ether oxygens (including phenoxy) is 1. The maximum Gasteiger partial charge on any atom is 0.248 e. The third kappa shape index (κ3) is 4.65. The van der Waals surface area contributed by atoms with Gasteiger partial charge in [0.05, 0.1) is 5.69 Å². The quantitative estimate of drug-likeness (QED) is 0.541. The van der Waals surface area contributed by atoms with Gasteiger partial charge in [0, 0.05) is 5.56 Å². The summed E-state index contributed by atoms with van der Waals surface area (Å²) in [5.41, 5.74) is 2.57. The molecule has 0 aliphatic rings. The van der Waals surface area contributed by atoms with Crippen LogP contribution in [0.5, 0.6) is 11.5 Å². The minimum Gasteiger partial charge on any atom is -0.455 e. The average molecular weight is 385 g/mol. The van der Waals surface area contributed by atoms with Gasteiger partial charge in [0.1, 0.15) is 12.3 Å². The smallest absolute Gasteiger partial charge is 0.248 e. The minimum atomic E-state index is -0.276. The van der Waals surface area contributed by atoms with Crippen LogP contribution in [0.4, 0.5) is 5.69 Å². The predicted molar refractivity (Wildman–Crippen MR) is 110 cm³/mol. The molecule has 0 saturated carbocycles. The Bertz CT molecular complexity index is 1110. The number of hydrogen-bond acceptors (Lipinski definition) is 5. The van der Waals surface area contributed by atoms with Gasteiger partial charge in [-0.05, 0) is 36.4 Å². The highest BCUT2D eigenvalue weighted by Crippen LogP contribution is 2.29. The second-order valence-electron chi connectivity index (χ2n) is 6.47. The Morgan fingerprint density at radius 1 is 0.966 bits per heavy atom. The van der Waals surface area contributed by atoms with E-state index in [1.165, 1.54) is 4.80 Å². The fourth-order valence-electron chi connectivity index (χ4n) is 2.72. The second kappa shape index (κ2) is 8.35. The number of rotatable bonds is 6. The number of carbonyl (C=O) groups excluding carboxylic acids is 1. The van der Waals surface area contributed by atoms with Crippen LogP contribution in [0.2, 0.25) is 0 Å². The zero-order valence-electron chi connectivity index (χ0n) is 15.8. The van der Waals surface area contributed by atoms with E-state index in [1.54, 1.807) is 12.1 Å². The van der Waals surface area contributed by atoms with Gasteiger partial charge in [0.25, 0.3) is 0 Å². The minimum absolute atomic E-state index is 0.0570. The van der Waals surface area contributed by atoms with Crippen molar-refractivity contribution in [2.45, 2.75) is 13.5 Å². The molecule has 0 atom stereocenters. The Hall–Kier alpha value is -4.00. The molecule has 4 aromatic rings. The molecule has 1 N–H and O–H groups in total. The Morgan fingerprint density at radius 3 is 2.48 bits per heavy atom. The van der Waals surface area contributed by atoms with Gasteiger partial charge < -0.3 is 10.1 Å². The molecule has 0 fully saturated rings. The summed E-state index contributed by atoms with van der Waals surface area (Å²) in [6.45, 7) is 1.95. The number of anilines is 1. The van der Waals surface area contributed by atoms with Gasteiger partial charge >= 0.3 is 0 Å². The molecule has 1 amide bonds. The van der Waals surface area contributed by atoms with Crippen molar-refractivity contribution in [3.63, 3.8) is 0 Å². The molecule has 0 aliphatic heterocycles. The highest BCUT2D eigenvalue weighted by atomic mass is 16.5. The van der Waals surface area contributed by atoms with Crippen molar-refractivity contribution in [2.75, 3.05) is 5.32 Å². The number of para-hydroxylation sites is 3. The first kappa shape index (κ1) is 18.4. The molecule has 4 rings (SSSR count). The topological polar surface area (TPSA) is 81.9 Å². The number of carbonyl (C=O) groups is 1. The van der Waals surface area contributed by atoms with Gasteiger partial charge in [-0.2, -0.15) is 4.80 Å². The molecule has 0 aliphatic carbocycles. The van der Waals surface area contributed by atoms with Gasteiger partial charge in [-0.25, -0.2) is 0 Å². The molecule has 144 valence electrons. The molecule has 7 nitrogen and oxygen atoms in total. The van der Waals surface area contributed by atoms with Gasteiger partial charge in [-0.15, -0.1) is 10.2 Å². The Balaban J connectivity index is 1.43. The molecule has 0 bridgehead atoms. The van der Waals surface area contributed by atoms with Crippen molar-refractivity contribution in [2.24, 2.45) is 0 Å². The van der Waals surface area contributed by atoms with E-state index in [4.69, 9.17) is 4.74 Å². The highest BCUT2D eigenvalue weighted by Gasteiger charge is 2.12. The number of nitrogens with one attached hydrogen (secondary N) is 1.